The summed E-state index contributed by atoms with van der Waals surface area (Å²) >= 11 is 5.61. The second kappa shape index (κ2) is 6.17. The lowest BCUT2D eigenvalue weighted by atomic mass is 10.1. The van der Waals surface area contributed by atoms with Crippen molar-refractivity contribution in [3.8, 4) is 0 Å². The summed E-state index contributed by atoms with van der Waals surface area (Å²) in [6.45, 7) is -0.519. The largest absolute Gasteiger partial charge is 0.324 e. The van der Waals surface area contributed by atoms with E-state index < -0.39 is 18.5 Å². The van der Waals surface area contributed by atoms with Gasteiger partial charge in [-0.3, -0.25) is 4.39 Å². The molecule has 80 valence electrons. The molecular weight excluding hydrogens is 231 g/mol. The molecular formula is C9H11Cl2F2N. The van der Waals surface area contributed by atoms with E-state index in [1.165, 1.54) is 12.1 Å². The Labute approximate surface area is 92.7 Å². The quantitative estimate of drug-likeness (QED) is 0.864. The van der Waals surface area contributed by atoms with Crippen LogP contribution in [0.1, 0.15) is 18.0 Å². The predicted molar refractivity (Wildman–Crippen MR) is 56.2 cm³/mol. The molecule has 0 heterocycles. The molecule has 0 aromatic heterocycles. The van der Waals surface area contributed by atoms with Gasteiger partial charge in [0.05, 0.1) is 6.67 Å². The van der Waals surface area contributed by atoms with Gasteiger partial charge in [0.2, 0.25) is 0 Å². The number of benzene rings is 1. The monoisotopic (exact) mass is 241 g/mol. The van der Waals surface area contributed by atoms with Crippen molar-refractivity contribution in [2.75, 3.05) is 6.67 Å². The Morgan fingerprint density at radius 1 is 1.36 bits per heavy atom. The maximum absolute atomic E-state index is 12.8. The first-order valence-corrected chi connectivity index (χ1v) is 4.29. The highest BCUT2D eigenvalue weighted by molar-refractivity contribution is 6.30. The van der Waals surface area contributed by atoms with E-state index in [0.717, 1.165) is 0 Å². The molecule has 0 bridgehead atoms. The van der Waals surface area contributed by atoms with Crippen LogP contribution < -0.4 is 5.73 Å². The van der Waals surface area contributed by atoms with E-state index in [4.69, 9.17) is 17.3 Å². The van der Waals surface area contributed by atoms with Crippen molar-refractivity contribution >= 4 is 24.0 Å². The Morgan fingerprint density at radius 2 is 2.00 bits per heavy atom. The van der Waals surface area contributed by atoms with Crippen LogP contribution in [0.5, 0.6) is 0 Å². The zero-order chi connectivity index (χ0) is 9.84. The van der Waals surface area contributed by atoms with E-state index in [0.29, 0.717) is 5.56 Å². The highest BCUT2D eigenvalue weighted by Gasteiger charge is 2.07. The molecule has 14 heavy (non-hydrogen) atoms. The maximum Gasteiger partial charge on any atom is 0.125 e. The van der Waals surface area contributed by atoms with Gasteiger partial charge in [-0.2, -0.15) is 0 Å². The summed E-state index contributed by atoms with van der Waals surface area (Å²) in [5, 5.41) is 0.282. The van der Waals surface area contributed by atoms with Gasteiger partial charge in [-0.25, -0.2) is 4.39 Å². The topological polar surface area (TPSA) is 26.0 Å². The molecule has 1 atom stereocenters. The Hall–Kier alpha value is -0.380. The van der Waals surface area contributed by atoms with Crippen molar-refractivity contribution in [2.24, 2.45) is 5.73 Å². The van der Waals surface area contributed by atoms with E-state index in [2.05, 4.69) is 0 Å². The molecule has 2 N–H and O–H groups in total. The van der Waals surface area contributed by atoms with Gasteiger partial charge in [-0.15, -0.1) is 12.4 Å². The molecule has 1 nitrogen and oxygen atoms in total. The van der Waals surface area contributed by atoms with Crippen molar-refractivity contribution in [3.63, 3.8) is 0 Å². The number of hydrogen-bond acceptors (Lipinski definition) is 1. The van der Waals surface area contributed by atoms with Gasteiger partial charge < -0.3 is 5.73 Å². The molecule has 0 radical (unpaired) electrons. The third-order valence-electron chi connectivity index (χ3n) is 1.73. The lowest BCUT2D eigenvalue weighted by Gasteiger charge is -2.09. The number of alkyl halides is 1. The Morgan fingerprint density at radius 3 is 2.50 bits per heavy atom. The highest BCUT2D eigenvalue weighted by atomic mass is 35.5. The first-order chi connectivity index (χ1) is 6.13. The Kier molecular flexibility index (Phi) is 6.00. The minimum atomic E-state index is -0.519. The van der Waals surface area contributed by atoms with Crippen molar-refractivity contribution in [1.29, 1.82) is 0 Å². The molecule has 1 aromatic rings. The molecule has 0 spiro atoms. The van der Waals surface area contributed by atoms with E-state index >= 15 is 0 Å². The zero-order valence-corrected chi connectivity index (χ0v) is 8.92. The van der Waals surface area contributed by atoms with Crippen LogP contribution in [0.2, 0.25) is 5.02 Å². The zero-order valence-electron chi connectivity index (χ0n) is 7.34. The van der Waals surface area contributed by atoms with Crippen LogP contribution in [-0.2, 0) is 0 Å². The van der Waals surface area contributed by atoms with Gasteiger partial charge in [0.15, 0.2) is 0 Å². The fraction of sp³-hybridized carbons (Fsp3) is 0.333. The minimum Gasteiger partial charge on any atom is -0.324 e. The van der Waals surface area contributed by atoms with Gasteiger partial charge in [-0.05, 0) is 30.2 Å². The molecule has 0 saturated heterocycles. The normalized spacial score (nSPS) is 12.0. The lowest BCUT2D eigenvalue weighted by molar-refractivity contribution is 0.441. The SMILES string of the molecule is Cl.N[C@H](CCF)c1cc(F)cc(Cl)c1. The Bertz CT molecular complexity index is 274. The van der Waals surface area contributed by atoms with Crippen LogP contribution in [-0.4, -0.2) is 6.67 Å². The number of rotatable bonds is 3. The van der Waals surface area contributed by atoms with Crippen LogP contribution in [0.3, 0.4) is 0 Å². The molecule has 0 fully saturated rings. The predicted octanol–water partition coefficient (Wildman–Crippen LogP) is 3.26. The highest BCUT2D eigenvalue weighted by Crippen LogP contribution is 2.20. The van der Waals surface area contributed by atoms with Gasteiger partial charge in [0, 0.05) is 11.1 Å². The molecule has 1 aromatic carbocycles. The standard InChI is InChI=1S/C9H10ClF2N.ClH/c10-7-3-6(4-8(12)5-7)9(13)1-2-11;/h3-5,9H,1-2,13H2;1H/t9-;/m1./s1. The molecule has 0 aliphatic carbocycles. The molecule has 0 aliphatic heterocycles. The van der Waals surface area contributed by atoms with Gasteiger partial charge in [0.1, 0.15) is 5.82 Å². The third-order valence-corrected chi connectivity index (χ3v) is 1.95. The maximum atomic E-state index is 12.8. The molecule has 0 unspecified atom stereocenters. The summed E-state index contributed by atoms with van der Waals surface area (Å²) in [6.07, 6.45) is 0.180. The van der Waals surface area contributed by atoms with Crippen LogP contribution in [0.25, 0.3) is 0 Å². The average molecular weight is 242 g/mol. The van der Waals surface area contributed by atoms with Crippen LogP contribution >= 0.6 is 24.0 Å². The van der Waals surface area contributed by atoms with Crippen LogP contribution in [0.4, 0.5) is 8.78 Å². The van der Waals surface area contributed by atoms with Crippen molar-refractivity contribution < 1.29 is 8.78 Å². The van der Waals surface area contributed by atoms with Crippen molar-refractivity contribution in [3.05, 3.63) is 34.6 Å². The molecule has 0 amide bonds. The van der Waals surface area contributed by atoms with E-state index in [1.54, 1.807) is 6.07 Å². The third kappa shape index (κ3) is 3.78. The first-order valence-electron chi connectivity index (χ1n) is 3.91. The number of hydrogen-bond donors (Lipinski definition) is 1. The van der Waals surface area contributed by atoms with Gasteiger partial charge in [-0.1, -0.05) is 11.6 Å². The second-order valence-electron chi connectivity index (χ2n) is 2.79. The van der Waals surface area contributed by atoms with Crippen LogP contribution in [0.15, 0.2) is 18.2 Å². The molecule has 0 saturated carbocycles. The molecule has 0 aliphatic rings. The summed E-state index contributed by atoms with van der Waals surface area (Å²) < 4.78 is 24.7. The number of halogens is 4. The average Bonchev–Trinajstić information content (AvgIpc) is 2.03. The second-order valence-corrected chi connectivity index (χ2v) is 3.22. The van der Waals surface area contributed by atoms with Crippen LogP contribution in [0, 0.1) is 5.82 Å². The molecule has 5 heteroatoms. The van der Waals surface area contributed by atoms with E-state index in [9.17, 15) is 8.78 Å². The summed E-state index contributed by atoms with van der Waals surface area (Å²) in [5.74, 6) is -0.447. The summed E-state index contributed by atoms with van der Waals surface area (Å²) in [4.78, 5) is 0. The molecule has 1 rings (SSSR count). The van der Waals surface area contributed by atoms with E-state index in [-0.39, 0.29) is 23.9 Å². The van der Waals surface area contributed by atoms with Crippen molar-refractivity contribution in [1.82, 2.24) is 0 Å². The summed E-state index contributed by atoms with van der Waals surface area (Å²) in [6, 6.07) is 3.52. The fourth-order valence-corrected chi connectivity index (χ4v) is 1.30. The summed E-state index contributed by atoms with van der Waals surface area (Å²) in [5.41, 5.74) is 6.11. The minimum absolute atomic E-state index is 0. The number of nitrogens with two attached hydrogens (primary N) is 1. The Balaban J connectivity index is 0.00000169. The smallest absolute Gasteiger partial charge is 0.125 e. The lowest BCUT2D eigenvalue weighted by Crippen LogP contribution is -2.11. The first kappa shape index (κ1) is 13.6. The fourth-order valence-electron chi connectivity index (χ4n) is 1.07. The van der Waals surface area contributed by atoms with Gasteiger partial charge >= 0.3 is 0 Å². The van der Waals surface area contributed by atoms with Gasteiger partial charge in [0.25, 0.3) is 0 Å². The van der Waals surface area contributed by atoms with E-state index in [1.807, 2.05) is 0 Å². The summed E-state index contributed by atoms with van der Waals surface area (Å²) in [7, 11) is 0. The van der Waals surface area contributed by atoms with Crippen molar-refractivity contribution in [2.45, 2.75) is 12.5 Å².